The second kappa shape index (κ2) is 7.52. The Balaban J connectivity index is 1.43. The Labute approximate surface area is 159 Å². The highest BCUT2D eigenvalue weighted by molar-refractivity contribution is 7.99. The first-order valence-corrected chi connectivity index (χ1v) is 9.69. The number of pyridine rings is 1. The number of rotatable bonds is 6. The molecule has 0 radical (unpaired) electrons. The number of hydrogen-bond acceptors (Lipinski definition) is 4. The number of benzene rings is 2. The molecule has 138 valence electrons. The van der Waals surface area contributed by atoms with Gasteiger partial charge in [-0.1, -0.05) is 18.2 Å². The Hall–Kier alpha value is -2.67. The minimum atomic E-state index is -0.551. The van der Waals surface area contributed by atoms with Crippen LogP contribution < -0.4 is 5.73 Å². The molecule has 0 aliphatic rings. The number of thioether (sulfide) groups is 1. The molecule has 0 bridgehead atoms. The van der Waals surface area contributed by atoms with Crippen molar-refractivity contribution in [3.8, 4) is 0 Å². The van der Waals surface area contributed by atoms with Gasteiger partial charge in [-0.3, -0.25) is 0 Å². The molecule has 4 rings (SSSR count). The zero-order valence-corrected chi connectivity index (χ0v) is 15.3. The number of halogens is 2. The number of hydrogen-bond donors (Lipinski definition) is 1. The molecule has 0 atom stereocenters. The SMILES string of the molecule is Nc1nc2ccccc2c2c1ncn2CCCCSc1ccc(F)cc1F. The Morgan fingerprint density at radius 1 is 1.07 bits per heavy atom. The van der Waals surface area contributed by atoms with Crippen LogP contribution in [0.15, 0.2) is 53.7 Å². The summed E-state index contributed by atoms with van der Waals surface area (Å²) in [5.41, 5.74) is 8.62. The molecule has 2 N–H and O–H groups in total. The number of nitrogen functional groups attached to an aromatic ring is 1. The quantitative estimate of drug-likeness (QED) is 0.375. The fraction of sp³-hybridized carbons (Fsp3) is 0.200. The normalized spacial score (nSPS) is 11.5. The first-order valence-electron chi connectivity index (χ1n) is 8.70. The van der Waals surface area contributed by atoms with Gasteiger partial charge in [0, 0.05) is 22.9 Å². The molecule has 0 fully saturated rings. The van der Waals surface area contributed by atoms with Crippen molar-refractivity contribution in [1.82, 2.24) is 14.5 Å². The molecule has 0 saturated heterocycles. The van der Waals surface area contributed by atoms with E-state index in [9.17, 15) is 8.78 Å². The van der Waals surface area contributed by atoms with Crippen LogP contribution in [-0.2, 0) is 6.54 Å². The molecule has 4 nitrogen and oxygen atoms in total. The third-order valence-electron chi connectivity index (χ3n) is 4.43. The molecule has 0 amide bonds. The molecule has 0 aliphatic carbocycles. The van der Waals surface area contributed by atoms with Crippen molar-refractivity contribution in [2.45, 2.75) is 24.3 Å². The Morgan fingerprint density at radius 3 is 2.78 bits per heavy atom. The molecule has 0 aliphatic heterocycles. The maximum atomic E-state index is 13.7. The number of aryl methyl sites for hydroxylation is 1. The number of nitrogens with two attached hydrogens (primary N) is 1. The number of fused-ring (bicyclic) bond motifs is 3. The lowest BCUT2D eigenvalue weighted by Gasteiger charge is -2.08. The highest BCUT2D eigenvalue weighted by Gasteiger charge is 2.12. The highest BCUT2D eigenvalue weighted by atomic mass is 32.2. The summed E-state index contributed by atoms with van der Waals surface area (Å²) in [6.07, 6.45) is 3.61. The van der Waals surface area contributed by atoms with Gasteiger partial charge in [0.25, 0.3) is 0 Å². The van der Waals surface area contributed by atoms with E-state index in [0.717, 1.165) is 53.1 Å². The Kier molecular flexibility index (Phi) is 4.94. The van der Waals surface area contributed by atoms with E-state index in [4.69, 9.17) is 5.73 Å². The summed E-state index contributed by atoms with van der Waals surface area (Å²) in [4.78, 5) is 9.31. The number of para-hydroxylation sites is 1. The van der Waals surface area contributed by atoms with Crippen molar-refractivity contribution in [2.75, 3.05) is 11.5 Å². The van der Waals surface area contributed by atoms with Crippen LogP contribution in [0.1, 0.15) is 12.8 Å². The van der Waals surface area contributed by atoms with Gasteiger partial charge in [-0.25, -0.2) is 18.7 Å². The fourth-order valence-corrected chi connectivity index (χ4v) is 4.06. The molecule has 2 aromatic heterocycles. The van der Waals surface area contributed by atoms with Gasteiger partial charge in [-0.15, -0.1) is 11.8 Å². The van der Waals surface area contributed by atoms with Crippen molar-refractivity contribution in [3.05, 3.63) is 60.4 Å². The van der Waals surface area contributed by atoms with E-state index in [2.05, 4.69) is 14.5 Å². The number of nitrogens with zero attached hydrogens (tertiary/aromatic N) is 3. The zero-order chi connectivity index (χ0) is 18.8. The summed E-state index contributed by atoms with van der Waals surface area (Å²) in [7, 11) is 0. The number of imidazole rings is 1. The maximum absolute atomic E-state index is 13.7. The molecule has 4 aromatic rings. The van der Waals surface area contributed by atoms with Gasteiger partial charge in [0.05, 0.1) is 17.4 Å². The molecule has 2 aromatic carbocycles. The van der Waals surface area contributed by atoms with Gasteiger partial charge in [0.2, 0.25) is 0 Å². The van der Waals surface area contributed by atoms with Crippen LogP contribution in [0.25, 0.3) is 21.9 Å². The third-order valence-corrected chi connectivity index (χ3v) is 5.56. The highest BCUT2D eigenvalue weighted by Crippen LogP contribution is 2.28. The summed E-state index contributed by atoms with van der Waals surface area (Å²) in [5, 5.41) is 1.03. The summed E-state index contributed by atoms with van der Waals surface area (Å²) < 4.78 is 28.7. The Morgan fingerprint density at radius 2 is 1.93 bits per heavy atom. The van der Waals surface area contributed by atoms with Crippen LogP contribution in [0, 0.1) is 11.6 Å². The van der Waals surface area contributed by atoms with Gasteiger partial charge in [0.1, 0.15) is 17.2 Å². The fourth-order valence-electron chi connectivity index (χ4n) is 3.13. The largest absolute Gasteiger partial charge is 0.382 e. The lowest BCUT2D eigenvalue weighted by molar-refractivity contribution is 0.565. The van der Waals surface area contributed by atoms with Crippen molar-refractivity contribution in [3.63, 3.8) is 0 Å². The van der Waals surface area contributed by atoms with Crippen LogP contribution in [0.2, 0.25) is 0 Å². The van der Waals surface area contributed by atoms with Crippen molar-refractivity contribution in [1.29, 1.82) is 0 Å². The first-order chi connectivity index (χ1) is 13.1. The standard InChI is InChI=1S/C20H18F2N4S/c21-13-7-8-17(15(22)11-13)27-10-4-3-9-26-12-24-18-19(26)14-5-1-2-6-16(14)25-20(18)23/h1-2,5-8,11-12H,3-4,9-10H2,(H2,23,25). The van der Waals surface area contributed by atoms with Crippen molar-refractivity contribution in [2.24, 2.45) is 0 Å². The molecule has 0 unspecified atom stereocenters. The number of aromatic nitrogens is 3. The van der Waals surface area contributed by atoms with Crippen molar-refractivity contribution >= 4 is 39.5 Å². The number of unbranched alkanes of at least 4 members (excludes halogenated alkanes) is 1. The van der Waals surface area contributed by atoms with E-state index in [1.807, 2.05) is 24.3 Å². The van der Waals surface area contributed by atoms with Gasteiger partial charge < -0.3 is 10.3 Å². The van der Waals surface area contributed by atoms with Crippen molar-refractivity contribution < 1.29 is 8.78 Å². The predicted octanol–water partition coefficient (Wildman–Crippen LogP) is 5.02. The summed E-state index contributed by atoms with van der Waals surface area (Å²) in [6, 6.07) is 11.6. The average Bonchev–Trinajstić information content (AvgIpc) is 3.08. The van der Waals surface area contributed by atoms with E-state index >= 15 is 0 Å². The average molecular weight is 384 g/mol. The predicted molar refractivity (Wildman–Crippen MR) is 106 cm³/mol. The molecule has 27 heavy (non-hydrogen) atoms. The molecule has 7 heteroatoms. The zero-order valence-electron chi connectivity index (χ0n) is 14.5. The summed E-state index contributed by atoms with van der Waals surface area (Å²) in [5.74, 6) is 0.143. The van der Waals surface area contributed by atoms with Gasteiger partial charge in [0.15, 0.2) is 5.82 Å². The Bertz CT molecular complexity index is 1110. The second-order valence-electron chi connectivity index (χ2n) is 6.28. The van der Waals surface area contributed by atoms with E-state index < -0.39 is 11.6 Å². The molecule has 0 saturated carbocycles. The minimum absolute atomic E-state index is 0.435. The molecule has 2 heterocycles. The van der Waals surface area contributed by atoms with Gasteiger partial charge in [-0.2, -0.15) is 0 Å². The van der Waals surface area contributed by atoms with Gasteiger partial charge in [-0.05, 0) is 36.8 Å². The second-order valence-corrected chi connectivity index (χ2v) is 7.42. The lowest BCUT2D eigenvalue weighted by Crippen LogP contribution is -1.99. The topological polar surface area (TPSA) is 56.7 Å². The summed E-state index contributed by atoms with van der Waals surface area (Å²) in [6.45, 7) is 0.788. The van der Waals surface area contributed by atoms with Crippen LogP contribution >= 0.6 is 11.8 Å². The first kappa shape index (κ1) is 17.7. The van der Waals surface area contributed by atoms with Crippen LogP contribution in [0.3, 0.4) is 0 Å². The van der Waals surface area contributed by atoms with E-state index in [1.165, 1.54) is 23.9 Å². The minimum Gasteiger partial charge on any atom is -0.382 e. The number of anilines is 1. The van der Waals surface area contributed by atoms with E-state index in [-0.39, 0.29) is 0 Å². The van der Waals surface area contributed by atoms with Crippen LogP contribution in [-0.4, -0.2) is 20.3 Å². The monoisotopic (exact) mass is 384 g/mol. The van der Waals surface area contributed by atoms with E-state index in [0.29, 0.717) is 10.7 Å². The maximum Gasteiger partial charge on any atom is 0.152 e. The molecular formula is C20H18F2N4S. The molecule has 0 spiro atoms. The van der Waals surface area contributed by atoms with Crippen LogP contribution in [0.4, 0.5) is 14.6 Å². The third kappa shape index (κ3) is 3.60. The lowest BCUT2D eigenvalue weighted by atomic mass is 10.2. The van der Waals surface area contributed by atoms with Gasteiger partial charge >= 0.3 is 0 Å². The smallest absolute Gasteiger partial charge is 0.152 e. The van der Waals surface area contributed by atoms with E-state index in [1.54, 1.807) is 6.33 Å². The molecular weight excluding hydrogens is 366 g/mol. The summed E-state index contributed by atoms with van der Waals surface area (Å²) >= 11 is 1.41. The van der Waals surface area contributed by atoms with Crippen LogP contribution in [0.5, 0.6) is 0 Å².